The van der Waals surface area contributed by atoms with Crippen molar-refractivity contribution in [1.29, 1.82) is 0 Å². The van der Waals surface area contributed by atoms with Crippen molar-refractivity contribution >= 4 is 21.5 Å². The van der Waals surface area contributed by atoms with E-state index in [9.17, 15) is 13.2 Å². The SMILES string of the molecule is COC(=O)c1ccc(CS(C)(=O)=O)c(N)c1. The molecule has 0 aliphatic carbocycles. The third-order valence-electron chi connectivity index (χ3n) is 1.98. The van der Waals surface area contributed by atoms with E-state index >= 15 is 0 Å². The Hall–Kier alpha value is -1.56. The summed E-state index contributed by atoms with van der Waals surface area (Å²) in [6, 6.07) is 4.41. The van der Waals surface area contributed by atoms with Gasteiger partial charge in [-0.05, 0) is 17.7 Å². The summed E-state index contributed by atoms with van der Waals surface area (Å²) in [5.41, 5.74) is 6.71. The molecule has 0 radical (unpaired) electrons. The smallest absolute Gasteiger partial charge is 0.337 e. The van der Waals surface area contributed by atoms with Crippen LogP contribution in [0.4, 0.5) is 5.69 Å². The number of ether oxygens (including phenoxy) is 1. The second-order valence-corrected chi connectivity index (χ2v) is 5.62. The number of esters is 1. The quantitative estimate of drug-likeness (QED) is 0.620. The van der Waals surface area contributed by atoms with E-state index in [4.69, 9.17) is 5.73 Å². The summed E-state index contributed by atoms with van der Waals surface area (Å²) >= 11 is 0. The molecule has 16 heavy (non-hydrogen) atoms. The monoisotopic (exact) mass is 243 g/mol. The molecule has 0 spiro atoms. The average Bonchev–Trinajstić information content (AvgIpc) is 2.18. The number of sulfone groups is 1. The maximum absolute atomic E-state index is 11.2. The molecule has 0 saturated heterocycles. The zero-order chi connectivity index (χ0) is 12.3. The van der Waals surface area contributed by atoms with Crippen LogP contribution in [0.2, 0.25) is 0 Å². The highest BCUT2D eigenvalue weighted by molar-refractivity contribution is 7.89. The van der Waals surface area contributed by atoms with Crippen LogP contribution in [-0.2, 0) is 20.3 Å². The van der Waals surface area contributed by atoms with Gasteiger partial charge >= 0.3 is 5.97 Å². The zero-order valence-electron chi connectivity index (χ0n) is 9.06. The maximum atomic E-state index is 11.2. The van der Waals surface area contributed by atoms with Crippen LogP contribution < -0.4 is 5.73 Å². The van der Waals surface area contributed by atoms with Gasteiger partial charge in [-0.25, -0.2) is 13.2 Å². The molecule has 0 atom stereocenters. The molecule has 0 saturated carbocycles. The number of nitrogens with two attached hydrogens (primary N) is 1. The zero-order valence-corrected chi connectivity index (χ0v) is 9.87. The van der Waals surface area contributed by atoms with Gasteiger partial charge in [-0.15, -0.1) is 0 Å². The Bertz CT molecular complexity index is 508. The summed E-state index contributed by atoms with van der Waals surface area (Å²) in [4.78, 5) is 11.2. The second kappa shape index (κ2) is 4.52. The molecule has 6 heteroatoms. The summed E-state index contributed by atoms with van der Waals surface area (Å²) in [5, 5.41) is 0. The third-order valence-corrected chi connectivity index (χ3v) is 2.82. The van der Waals surface area contributed by atoms with E-state index in [-0.39, 0.29) is 11.4 Å². The Morgan fingerprint density at radius 3 is 2.50 bits per heavy atom. The van der Waals surface area contributed by atoms with Crippen LogP contribution in [0.5, 0.6) is 0 Å². The number of rotatable bonds is 3. The Morgan fingerprint density at radius 2 is 2.06 bits per heavy atom. The maximum Gasteiger partial charge on any atom is 0.337 e. The first-order chi connectivity index (χ1) is 7.33. The second-order valence-electron chi connectivity index (χ2n) is 3.48. The van der Waals surface area contributed by atoms with E-state index in [1.54, 1.807) is 0 Å². The molecule has 2 N–H and O–H groups in total. The van der Waals surface area contributed by atoms with E-state index in [2.05, 4.69) is 4.74 Å². The lowest BCUT2D eigenvalue weighted by Crippen LogP contribution is -2.07. The molecule has 88 valence electrons. The molecule has 0 aliphatic heterocycles. The van der Waals surface area contributed by atoms with E-state index in [1.807, 2.05) is 0 Å². The minimum Gasteiger partial charge on any atom is -0.465 e. The Balaban J connectivity index is 3.05. The molecule has 1 rings (SSSR count). The standard InChI is InChI=1S/C10H13NO4S/c1-15-10(12)7-3-4-8(9(11)5-7)6-16(2,13)14/h3-5H,6,11H2,1-2H3. The van der Waals surface area contributed by atoms with Crippen LogP contribution in [0, 0.1) is 0 Å². The minimum absolute atomic E-state index is 0.139. The predicted molar refractivity (Wildman–Crippen MR) is 60.7 cm³/mol. The normalized spacial score (nSPS) is 11.1. The van der Waals surface area contributed by atoms with Gasteiger partial charge in [0.25, 0.3) is 0 Å². The van der Waals surface area contributed by atoms with Crippen molar-refractivity contribution in [2.24, 2.45) is 0 Å². The lowest BCUT2D eigenvalue weighted by atomic mass is 10.1. The number of anilines is 1. The fourth-order valence-corrected chi connectivity index (χ4v) is 2.08. The van der Waals surface area contributed by atoms with Crippen LogP contribution in [0.25, 0.3) is 0 Å². The Morgan fingerprint density at radius 1 is 1.44 bits per heavy atom. The Labute approximate surface area is 94.1 Å². The number of hydrogen-bond acceptors (Lipinski definition) is 5. The van der Waals surface area contributed by atoms with Gasteiger partial charge in [-0.1, -0.05) is 6.07 Å². The molecule has 0 bridgehead atoms. The van der Waals surface area contributed by atoms with Gasteiger partial charge in [0.05, 0.1) is 18.4 Å². The summed E-state index contributed by atoms with van der Waals surface area (Å²) in [7, 11) is -1.87. The van der Waals surface area contributed by atoms with Gasteiger partial charge < -0.3 is 10.5 Å². The highest BCUT2D eigenvalue weighted by Crippen LogP contribution is 2.17. The highest BCUT2D eigenvalue weighted by Gasteiger charge is 2.11. The van der Waals surface area contributed by atoms with Crippen LogP contribution >= 0.6 is 0 Å². The number of carbonyl (C=O) groups is 1. The fourth-order valence-electron chi connectivity index (χ4n) is 1.25. The van der Waals surface area contributed by atoms with Gasteiger partial charge in [0.2, 0.25) is 0 Å². The summed E-state index contributed by atoms with van der Waals surface area (Å²) in [5.74, 6) is -0.641. The third kappa shape index (κ3) is 3.23. The van der Waals surface area contributed by atoms with Gasteiger partial charge in [0, 0.05) is 11.9 Å². The topological polar surface area (TPSA) is 86.5 Å². The Kier molecular flexibility index (Phi) is 3.54. The van der Waals surface area contributed by atoms with Crippen molar-refractivity contribution in [2.75, 3.05) is 19.1 Å². The van der Waals surface area contributed by atoms with Crippen molar-refractivity contribution in [1.82, 2.24) is 0 Å². The fraction of sp³-hybridized carbons (Fsp3) is 0.300. The molecule has 1 aromatic carbocycles. The number of nitrogen functional groups attached to an aromatic ring is 1. The van der Waals surface area contributed by atoms with E-state index in [0.717, 1.165) is 6.26 Å². The van der Waals surface area contributed by atoms with Crippen LogP contribution in [-0.4, -0.2) is 27.8 Å². The first-order valence-electron chi connectivity index (χ1n) is 4.48. The summed E-state index contributed by atoms with van der Waals surface area (Å²) < 4.78 is 26.7. The predicted octanol–water partition coefficient (Wildman–Crippen LogP) is 0.600. The number of hydrogen-bond donors (Lipinski definition) is 1. The van der Waals surface area contributed by atoms with Crippen molar-refractivity contribution in [3.8, 4) is 0 Å². The molecule has 0 aliphatic rings. The highest BCUT2D eigenvalue weighted by atomic mass is 32.2. The molecule has 1 aromatic rings. The largest absolute Gasteiger partial charge is 0.465 e. The van der Waals surface area contributed by atoms with Crippen molar-refractivity contribution < 1.29 is 17.9 Å². The molecule has 0 heterocycles. The molecule has 0 unspecified atom stereocenters. The number of carbonyl (C=O) groups excluding carboxylic acids is 1. The lowest BCUT2D eigenvalue weighted by Gasteiger charge is -2.06. The molecule has 0 amide bonds. The lowest BCUT2D eigenvalue weighted by molar-refractivity contribution is 0.0601. The first-order valence-corrected chi connectivity index (χ1v) is 6.54. The van der Waals surface area contributed by atoms with Gasteiger partial charge in [-0.2, -0.15) is 0 Å². The number of methoxy groups -OCH3 is 1. The number of benzene rings is 1. The van der Waals surface area contributed by atoms with E-state index in [0.29, 0.717) is 11.1 Å². The van der Waals surface area contributed by atoms with E-state index < -0.39 is 15.8 Å². The molecule has 0 fully saturated rings. The average molecular weight is 243 g/mol. The van der Waals surface area contributed by atoms with Crippen molar-refractivity contribution in [3.05, 3.63) is 29.3 Å². The van der Waals surface area contributed by atoms with Gasteiger partial charge in [0.15, 0.2) is 9.84 Å². The van der Waals surface area contributed by atoms with E-state index in [1.165, 1.54) is 25.3 Å². The molecule has 5 nitrogen and oxygen atoms in total. The van der Waals surface area contributed by atoms with Crippen LogP contribution in [0.15, 0.2) is 18.2 Å². The molecular weight excluding hydrogens is 230 g/mol. The molecular formula is C10H13NO4S. The van der Waals surface area contributed by atoms with Crippen molar-refractivity contribution in [2.45, 2.75) is 5.75 Å². The van der Waals surface area contributed by atoms with Gasteiger partial charge in [-0.3, -0.25) is 0 Å². The summed E-state index contributed by atoms with van der Waals surface area (Å²) in [6.45, 7) is 0. The first kappa shape index (κ1) is 12.5. The minimum atomic E-state index is -3.13. The summed E-state index contributed by atoms with van der Waals surface area (Å²) in [6.07, 6.45) is 1.13. The van der Waals surface area contributed by atoms with Crippen LogP contribution in [0.3, 0.4) is 0 Å². The van der Waals surface area contributed by atoms with Crippen LogP contribution in [0.1, 0.15) is 15.9 Å². The van der Waals surface area contributed by atoms with Crippen molar-refractivity contribution in [3.63, 3.8) is 0 Å². The molecule has 0 aromatic heterocycles. The van der Waals surface area contributed by atoms with Gasteiger partial charge in [0.1, 0.15) is 0 Å².